The number of hydrogen-bond acceptors (Lipinski definition) is 3. The van der Waals surface area contributed by atoms with Crippen molar-refractivity contribution < 1.29 is 5.11 Å². The van der Waals surface area contributed by atoms with Gasteiger partial charge in [0.2, 0.25) is 0 Å². The summed E-state index contributed by atoms with van der Waals surface area (Å²) in [7, 11) is 0. The molecule has 1 saturated heterocycles. The molecule has 0 amide bonds. The van der Waals surface area contributed by atoms with Crippen molar-refractivity contribution in [3.05, 3.63) is 0 Å². The minimum Gasteiger partial charge on any atom is -0.392 e. The van der Waals surface area contributed by atoms with E-state index in [0.717, 1.165) is 13.0 Å². The van der Waals surface area contributed by atoms with Gasteiger partial charge in [0.1, 0.15) is 0 Å². The number of likely N-dealkylation sites (tertiary alicyclic amines) is 1. The third-order valence-electron chi connectivity index (χ3n) is 3.97. The van der Waals surface area contributed by atoms with Gasteiger partial charge in [-0.2, -0.15) is 0 Å². The topological polar surface area (TPSA) is 49.5 Å². The SMILES string of the molecule is CCC1(C)CCN(CCC(O)CN)CC1. The number of nitrogens with zero attached hydrogens (tertiary/aromatic N) is 1. The van der Waals surface area contributed by atoms with Crippen LogP contribution in [-0.2, 0) is 0 Å². The van der Waals surface area contributed by atoms with E-state index in [1.807, 2.05) is 0 Å². The Bertz CT molecular complexity index is 174. The molecule has 0 aromatic rings. The van der Waals surface area contributed by atoms with E-state index in [-0.39, 0.29) is 6.10 Å². The van der Waals surface area contributed by atoms with Crippen molar-refractivity contribution in [1.82, 2.24) is 4.90 Å². The van der Waals surface area contributed by atoms with E-state index >= 15 is 0 Å². The van der Waals surface area contributed by atoms with Gasteiger partial charge in [0.05, 0.1) is 6.10 Å². The van der Waals surface area contributed by atoms with Crippen LogP contribution in [0.5, 0.6) is 0 Å². The van der Waals surface area contributed by atoms with Crippen LogP contribution in [0.15, 0.2) is 0 Å². The number of rotatable bonds is 5. The Hall–Kier alpha value is -0.120. The van der Waals surface area contributed by atoms with E-state index in [4.69, 9.17) is 5.73 Å². The Labute approximate surface area is 93.6 Å². The smallest absolute Gasteiger partial charge is 0.0674 e. The molecule has 1 aliphatic heterocycles. The Morgan fingerprint density at radius 1 is 1.40 bits per heavy atom. The largest absolute Gasteiger partial charge is 0.392 e. The lowest BCUT2D eigenvalue weighted by Crippen LogP contribution is -2.40. The summed E-state index contributed by atoms with van der Waals surface area (Å²) in [6.45, 7) is 8.43. The molecule has 1 rings (SSSR count). The fourth-order valence-corrected chi connectivity index (χ4v) is 2.12. The highest BCUT2D eigenvalue weighted by atomic mass is 16.3. The maximum absolute atomic E-state index is 9.39. The highest BCUT2D eigenvalue weighted by molar-refractivity contribution is 4.81. The molecule has 1 heterocycles. The second kappa shape index (κ2) is 5.83. The third-order valence-corrected chi connectivity index (χ3v) is 3.97. The van der Waals surface area contributed by atoms with Gasteiger partial charge in [0, 0.05) is 13.1 Å². The van der Waals surface area contributed by atoms with Crippen molar-refractivity contribution in [3.8, 4) is 0 Å². The molecule has 0 aromatic carbocycles. The highest BCUT2D eigenvalue weighted by Gasteiger charge is 2.27. The first-order valence-electron chi connectivity index (χ1n) is 6.20. The van der Waals surface area contributed by atoms with E-state index in [9.17, 15) is 5.11 Å². The van der Waals surface area contributed by atoms with Crippen molar-refractivity contribution >= 4 is 0 Å². The molecule has 0 spiro atoms. The van der Waals surface area contributed by atoms with Crippen molar-refractivity contribution in [2.45, 2.75) is 45.6 Å². The van der Waals surface area contributed by atoms with Crippen LogP contribution in [-0.4, -0.2) is 42.3 Å². The molecule has 15 heavy (non-hydrogen) atoms. The molecule has 0 bridgehead atoms. The Morgan fingerprint density at radius 2 is 2.00 bits per heavy atom. The third kappa shape index (κ3) is 4.09. The lowest BCUT2D eigenvalue weighted by molar-refractivity contribution is 0.0931. The van der Waals surface area contributed by atoms with Gasteiger partial charge in [-0.25, -0.2) is 0 Å². The molecule has 0 aliphatic carbocycles. The fourth-order valence-electron chi connectivity index (χ4n) is 2.12. The van der Waals surface area contributed by atoms with Crippen LogP contribution >= 0.6 is 0 Å². The zero-order chi connectivity index (χ0) is 11.3. The molecular formula is C12H26N2O. The summed E-state index contributed by atoms with van der Waals surface area (Å²) in [6, 6.07) is 0. The average Bonchev–Trinajstić information content (AvgIpc) is 2.28. The van der Waals surface area contributed by atoms with Crippen LogP contribution in [0.3, 0.4) is 0 Å². The van der Waals surface area contributed by atoms with Gasteiger partial charge in [0.15, 0.2) is 0 Å². The summed E-state index contributed by atoms with van der Waals surface area (Å²) in [4.78, 5) is 2.45. The Kier molecular flexibility index (Phi) is 5.03. The summed E-state index contributed by atoms with van der Waals surface area (Å²) in [5, 5.41) is 9.39. The van der Waals surface area contributed by atoms with Crippen molar-refractivity contribution in [1.29, 1.82) is 0 Å². The Balaban J connectivity index is 2.20. The van der Waals surface area contributed by atoms with Crippen molar-refractivity contribution in [3.63, 3.8) is 0 Å². The summed E-state index contributed by atoms with van der Waals surface area (Å²) < 4.78 is 0. The minimum absolute atomic E-state index is 0.315. The van der Waals surface area contributed by atoms with Gasteiger partial charge in [-0.3, -0.25) is 0 Å². The summed E-state index contributed by atoms with van der Waals surface area (Å²) in [5.41, 5.74) is 5.94. The normalized spacial score (nSPS) is 24.0. The molecule has 3 heteroatoms. The zero-order valence-corrected chi connectivity index (χ0v) is 10.2. The van der Waals surface area contributed by atoms with Gasteiger partial charge in [-0.05, 0) is 37.8 Å². The Morgan fingerprint density at radius 3 is 2.47 bits per heavy atom. The maximum atomic E-state index is 9.39. The molecule has 1 aliphatic rings. The van der Waals surface area contributed by atoms with E-state index in [1.165, 1.54) is 32.4 Å². The quantitative estimate of drug-likeness (QED) is 0.723. The van der Waals surface area contributed by atoms with Crippen LogP contribution in [0, 0.1) is 5.41 Å². The van der Waals surface area contributed by atoms with Crippen LogP contribution in [0.1, 0.15) is 39.5 Å². The summed E-state index contributed by atoms with van der Waals surface area (Å²) in [5.74, 6) is 0. The molecule has 0 radical (unpaired) electrons. The van der Waals surface area contributed by atoms with E-state index in [2.05, 4.69) is 18.7 Å². The number of piperidine rings is 1. The second-order valence-electron chi connectivity index (χ2n) is 5.18. The molecule has 3 N–H and O–H groups in total. The molecule has 0 aromatic heterocycles. The number of aliphatic hydroxyl groups is 1. The fraction of sp³-hybridized carbons (Fsp3) is 1.00. The zero-order valence-electron chi connectivity index (χ0n) is 10.2. The van der Waals surface area contributed by atoms with Gasteiger partial charge >= 0.3 is 0 Å². The molecule has 0 saturated carbocycles. The van der Waals surface area contributed by atoms with Crippen molar-refractivity contribution in [2.75, 3.05) is 26.2 Å². The molecule has 90 valence electrons. The molecule has 1 atom stereocenters. The first-order valence-corrected chi connectivity index (χ1v) is 6.20. The van der Waals surface area contributed by atoms with E-state index < -0.39 is 0 Å². The van der Waals surface area contributed by atoms with Crippen LogP contribution in [0.25, 0.3) is 0 Å². The highest BCUT2D eigenvalue weighted by Crippen LogP contribution is 2.33. The van der Waals surface area contributed by atoms with Crippen LogP contribution in [0.4, 0.5) is 0 Å². The van der Waals surface area contributed by atoms with Gasteiger partial charge in [-0.1, -0.05) is 20.3 Å². The van der Waals surface area contributed by atoms with Gasteiger partial charge < -0.3 is 15.7 Å². The summed E-state index contributed by atoms with van der Waals surface area (Å²) >= 11 is 0. The lowest BCUT2D eigenvalue weighted by atomic mass is 9.78. The molecule has 1 fully saturated rings. The van der Waals surface area contributed by atoms with E-state index in [0.29, 0.717) is 12.0 Å². The number of hydrogen-bond donors (Lipinski definition) is 2. The van der Waals surface area contributed by atoms with Gasteiger partial charge in [-0.15, -0.1) is 0 Å². The van der Waals surface area contributed by atoms with Crippen molar-refractivity contribution in [2.24, 2.45) is 11.1 Å². The second-order valence-corrected chi connectivity index (χ2v) is 5.18. The standard InChI is InChI=1S/C12H26N2O/c1-3-12(2)5-8-14(9-6-12)7-4-11(15)10-13/h11,15H,3-10,13H2,1-2H3. The molecule has 1 unspecified atom stereocenters. The first kappa shape index (κ1) is 12.9. The first-order chi connectivity index (χ1) is 7.09. The summed E-state index contributed by atoms with van der Waals surface area (Å²) in [6.07, 6.45) is 4.38. The van der Waals surface area contributed by atoms with Gasteiger partial charge in [0.25, 0.3) is 0 Å². The molecule has 3 nitrogen and oxygen atoms in total. The number of aliphatic hydroxyl groups excluding tert-OH is 1. The number of nitrogens with two attached hydrogens (primary N) is 1. The monoisotopic (exact) mass is 214 g/mol. The predicted octanol–water partition coefficient (Wildman–Crippen LogP) is 1.21. The average molecular weight is 214 g/mol. The van der Waals surface area contributed by atoms with Crippen LogP contribution < -0.4 is 5.73 Å². The maximum Gasteiger partial charge on any atom is 0.0674 e. The van der Waals surface area contributed by atoms with Crippen LogP contribution in [0.2, 0.25) is 0 Å². The lowest BCUT2D eigenvalue weighted by Gasteiger charge is -2.39. The van der Waals surface area contributed by atoms with E-state index in [1.54, 1.807) is 0 Å². The minimum atomic E-state index is -0.315. The molecular weight excluding hydrogens is 188 g/mol. The predicted molar refractivity (Wildman–Crippen MR) is 63.8 cm³/mol.